The van der Waals surface area contributed by atoms with E-state index in [9.17, 15) is 17.6 Å². The van der Waals surface area contributed by atoms with Gasteiger partial charge in [-0.05, 0) is 61.4 Å². The molecule has 1 saturated carbocycles. The van der Waals surface area contributed by atoms with Crippen molar-refractivity contribution >= 4 is 42.6 Å². The molecular weight excluding hydrogens is 477 g/mol. The van der Waals surface area contributed by atoms with Gasteiger partial charge in [0, 0.05) is 37.6 Å². The number of carbonyl (C=O) groups is 1. The predicted molar refractivity (Wildman–Crippen MR) is 128 cm³/mol. The van der Waals surface area contributed by atoms with E-state index in [0.717, 1.165) is 12.8 Å². The number of halogens is 1. The molecule has 0 N–H and O–H groups in total. The van der Waals surface area contributed by atoms with Crippen LogP contribution >= 0.6 is 11.3 Å². The number of fused-ring (bicyclic) bond motifs is 1. The summed E-state index contributed by atoms with van der Waals surface area (Å²) in [4.78, 5) is 19.7. The average molecular weight is 500 g/mol. The Balaban J connectivity index is 1.44. The number of anilines is 1. The quantitative estimate of drug-likeness (QED) is 0.368. The van der Waals surface area contributed by atoms with Crippen LogP contribution in [0, 0.1) is 5.82 Å². The zero-order valence-electron chi connectivity index (χ0n) is 18.3. The Bertz CT molecular complexity index is 1430. The van der Waals surface area contributed by atoms with Crippen molar-refractivity contribution in [3.8, 4) is 0 Å². The van der Waals surface area contributed by atoms with Crippen LogP contribution in [0.3, 0.4) is 0 Å². The maximum absolute atomic E-state index is 13.7. The highest BCUT2D eigenvalue weighted by atomic mass is 32.2. The molecule has 2 aromatic heterocycles. The summed E-state index contributed by atoms with van der Waals surface area (Å²) in [6, 6.07) is 12.1. The van der Waals surface area contributed by atoms with Gasteiger partial charge in [-0.1, -0.05) is 11.3 Å². The first-order valence-corrected chi connectivity index (χ1v) is 13.0. The molecule has 1 fully saturated rings. The molecular formula is C23H22FN5O3S2. The highest BCUT2D eigenvalue weighted by Crippen LogP contribution is 2.32. The first kappa shape index (κ1) is 22.6. The number of sulfonamides is 1. The Morgan fingerprint density at radius 2 is 1.97 bits per heavy atom. The second-order valence-electron chi connectivity index (χ2n) is 8.11. The SMILES string of the molecule is CN(C1CC1)S(=O)(=O)c1ccc(C(=O)N(CCn2cccn2)c2nc3ccc(F)cc3s2)cc1. The largest absolute Gasteiger partial charge is 0.282 e. The smallest absolute Gasteiger partial charge is 0.260 e. The van der Waals surface area contributed by atoms with Crippen molar-refractivity contribution in [1.82, 2.24) is 19.1 Å². The monoisotopic (exact) mass is 499 g/mol. The van der Waals surface area contributed by atoms with Gasteiger partial charge < -0.3 is 0 Å². The third-order valence-electron chi connectivity index (χ3n) is 5.77. The van der Waals surface area contributed by atoms with Crippen LogP contribution in [0.2, 0.25) is 0 Å². The molecule has 0 aliphatic heterocycles. The lowest BCUT2D eigenvalue weighted by Crippen LogP contribution is -2.34. The highest BCUT2D eigenvalue weighted by Gasteiger charge is 2.35. The van der Waals surface area contributed by atoms with E-state index in [-0.39, 0.29) is 29.2 Å². The van der Waals surface area contributed by atoms with Crippen molar-refractivity contribution in [3.63, 3.8) is 0 Å². The van der Waals surface area contributed by atoms with E-state index in [1.165, 1.54) is 56.9 Å². The van der Waals surface area contributed by atoms with E-state index >= 15 is 0 Å². The number of hydrogen-bond donors (Lipinski definition) is 0. The second kappa shape index (κ2) is 8.90. The minimum absolute atomic E-state index is 0.0490. The van der Waals surface area contributed by atoms with E-state index in [2.05, 4.69) is 10.1 Å². The second-order valence-corrected chi connectivity index (χ2v) is 11.1. The first-order chi connectivity index (χ1) is 16.3. The standard InChI is InChI=1S/C23H22FN5O3S2/c1-27(18-6-7-18)34(31,32)19-8-3-16(4-9-19)22(30)29(14-13-28-12-2-11-25-28)23-26-20-10-5-17(24)15-21(20)33-23/h2-5,8-12,15,18H,6-7,13-14H2,1H3. The molecule has 2 heterocycles. The zero-order valence-corrected chi connectivity index (χ0v) is 20.0. The van der Waals surface area contributed by atoms with Gasteiger partial charge in [-0.3, -0.25) is 14.4 Å². The van der Waals surface area contributed by atoms with Gasteiger partial charge >= 0.3 is 0 Å². The van der Waals surface area contributed by atoms with E-state index in [1.807, 2.05) is 0 Å². The summed E-state index contributed by atoms with van der Waals surface area (Å²) < 4.78 is 43.0. The Kier molecular flexibility index (Phi) is 5.92. The van der Waals surface area contributed by atoms with Gasteiger partial charge in [0.05, 0.1) is 21.7 Å². The molecule has 0 saturated heterocycles. The number of nitrogens with zero attached hydrogens (tertiary/aromatic N) is 5. The van der Waals surface area contributed by atoms with Crippen molar-refractivity contribution < 1.29 is 17.6 Å². The molecule has 11 heteroatoms. The molecule has 0 radical (unpaired) electrons. The summed E-state index contributed by atoms with van der Waals surface area (Å²) in [6.45, 7) is 0.717. The number of rotatable bonds is 8. The number of thiazole rings is 1. The Labute approximate surface area is 200 Å². The van der Waals surface area contributed by atoms with Crippen LogP contribution in [-0.2, 0) is 16.6 Å². The number of carbonyl (C=O) groups excluding carboxylic acids is 1. The molecule has 0 atom stereocenters. The Morgan fingerprint density at radius 1 is 1.21 bits per heavy atom. The summed E-state index contributed by atoms with van der Waals surface area (Å²) in [5.41, 5.74) is 0.932. The number of hydrogen-bond acceptors (Lipinski definition) is 6. The molecule has 4 aromatic rings. The van der Waals surface area contributed by atoms with Crippen LogP contribution in [0.15, 0.2) is 65.8 Å². The zero-order chi connectivity index (χ0) is 23.9. The number of aromatic nitrogens is 3. The lowest BCUT2D eigenvalue weighted by Gasteiger charge is -2.20. The lowest BCUT2D eigenvalue weighted by atomic mass is 10.2. The van der Waals surface area contributed by atoms with E-state index in [0.29, 0.717) is 27.5 Å². The molecule has 0 bridgehead atoms. The van der Waals surface area contributed by atoms with Crippen LogP contribution in [-0.4, -0.2) is 53.0 Å². The van der Waals surface area contributed by atoms with E-state index in [4.69, 9.17) is 0 Å². The summed E-state index contributed by atoms with van der Waals surface area (Å²) in [5, 5.41) is 4.62. The fraction of sp³-hybridized carbons (Fsp3) is 0.261. The normalized spacial score (nSPS) is 14.1. The van der Waals surface area contributed by atoms with Gasteiger partial charge in [0.2, 0.25) is 10.0 Å². The summed E-state index contributed by atoms with van der Waals surface area (Å²) in [5.74, 6) is -0.698. The van der Waals surface area contributed by atoms with Crippen LogP contribution in [0.1, 0.15) is 23.2 Å². The minimum atomic E-state index is -3.60. The molecule has 176 valence electrons. The number of benzene rings is 2. The maximum atomic E-state index is 13.7. The van der Waals surface area contributed by atoms with Crippen molar-refractivity contribution in [2.45, 2.75) is 30.3 Å². The van der Waals surface area contributed by atoms with E-state index < -0.39 is 10.0 Å². The summed E-state index contributed by atoms with van der Waals surface area (Å²) in [6.07, 6.45) is 5.18. The Hall–Kier alpha value is -3.15. The van der Waals surface area contributed by atoms with Gasteiger partial charge in [0.1, 0.15) is 5.82 Å². The van der Waals surface area contributed by atoms with Gasteiger partial charge in [-0.15, -0.1) is 0 Å². The molecule has 34 heavy (non-hydrogen) atoms. The third kappa shape index (κ3) is 4.46. The van der Waals surface area contributed by atoms with E-state index in [1.54, 1.807) is 36.3 Å². The van der Waals surface area contributed by atoms with Crippen LogP contribution in [0.25, 0.3) is 10.2 Å². The van der Waals surface area contributed by atoms with Crippen molar-refractivity contribution in [1.29, 1.82) is 0 Å². The van der Waals surface area contributed by atoms with Crippen molar-refractivity contribution in [2.75, 3.05) is 18.5 Å². The summed E-state index contributed by atoms with van der Waals surface area (Å²) in [7, 11) is -2.02. The van der Waals surface area contributed by atoms with Gasteiger partial charge in [0.15, 0.2) is 5.13 Å². The maximum Gasteiger partial charge on any atom is 0.260 e. The lowest BCUT2D eigenvalue weighted by molar-refractivity contribution is 0.0985. The average Bonchev–Trinajstić information content (AvgIpc) is 3.38. The molecule has 0 spiro atoms. The first-order valence-electron chi connectivity index (χ1n) is 10.8. The predicted octanol–water partition coefficient (Wildman–Crippen LogP) is 3.76. The van der Waals surface area contributed by atoms with Gasteiger partial charge in [-0.25, -0.2) is 17.8 Å². The third-order valence-corrected chi connectivity index (χ3v) is 8.73. The molecule has 1 aliphatic carbocycles. The van der Waals surface area contributed by atoms with Gasteiger partial charge in [0.25, 0.3) is 5.91 Å². The van der Waals surface area contributed by atoms with Crippen molar-refractivity contribution in [3.05, 3.63) is 72.3 Å². The van der Waals surface area contributed by atoms with Crippen LogP contribution in [0.5, 0.6) is 0 Å². The van der Waals surface area contributed by atoms with Gasteiger partial charge in [-0.2, -0.15) is 9.40 Å². The molecule has 2 aromatic carbocycles. The summed E-state index contributed by atoms with van der Waals surface area (Å²) >= 11 is 1.22. The molecule has 8 nitrogen and oxygen atoms in total. The fourth-order valence-electron chi connectivity index (χ4n) is 3.65. The van der Waals surface area contributed by atoms with Crippen LogP contribution in [0.4, 0.5) is 9.52 Å². The molecule has 5 rings (SSSR count). The molecule has 1 aliphatic rings. The van der Waals surface area contributed by atoms with Crippen molar-refractivity contribution in [2.24, 2.45) is 0 Å². The van der Waals surface area contributed by atoms with Crippen LogP contribution < -0.4 is 4.90 Å². The molecule has 1 amide bonds. The molecule has 0 unspecified atom stereocenters. The Morgan fingerprint density at radius 3 is 2.65 bits per heavy atom. The highest BCUT2D eigenvalue weighted by molar-refractivity contribution is 7.89. The number of amides is 1. The fourth-order valence-corrected chi connectivity index (χ4v) is 6.08. The minimum Gasteiger partial charge on any atom is -0.282 e. The topological polar surface area (TPSA) is 88.4 Å².